The summed E-state index contributed by atoms with van der Waals surface area (Å²) in [7, 11) is -1.49. The molecule has 0 radical (unpaired) electrons. The quantitative estimate of drug-likeness (QED) is 0.246. The largest absolute Gasteiger partial charge is 0.332 e. The molecule has 0 N–H and O–H groups in total. The number of alkyl halides is 6. The molecule has 0 aliphatic carbocycles. The molecule has 116 valence electrons. The Morgan fingerprint density at radius 2 is 0.947 bits per heavy atom. The number of hydrogen-bond donors (Lipinski definition) is 0. The van der Waals surface area contributed by atoms with Gasteiger partial charge >= 0.3 is 8.60 Å². The van der Waals surface area contributed by atoms with Crippen molar-refractivity contribution in [1.82, 2.24) is 0 Å². The Hall–Kier alpha value is 2.62. The second kappa shape index (κ2) is 14.2. The van der Waals surface area contributed by atoms with Crippen LogP contribution in [0.15, 0.2) is 0 Å². The average molecular weight is 548 g/mol. The zero-order chi connectivity index (χ0) is 14.7. The Labute approximate surface area is 155 Å². The molecule has 0 spiro atoms. The van der Waals surface area contributed by atoms with E-state index in [9.17, 15) is 0 Å². The fourth-order valence-corrected chi connectivity index (χ4v) is 2.81. The fourth-order valence-electron chi connectivity index (χ4n) is 0.671. The van der Waals surface area contributed by atoms with Gasteiger partial charge in [-0.25, -0.2) is 0 Å². The highest BCUT2D eigenvalue weighted by molar-refractivity contribution is 9.09. The second-order valence-electron chi connectivity index (χ2n) is 3.37. The van der Waals surface area contributed by atoms with Crippen LogP contribution in [0.4, 0.5) is 0 Å². The third kappa shape index (κ3) is 12.8. The number of hydrogen-bond acceptors (Lipinski definition) is 3. The molecule has 0 saturated heterocycles. The van der Waals surface area contributed by atoms with Gasteiger partial charge in [-0.2, -0.15) is 0 Å². The fraction of sp³-hybridized carbons (Fsp3) is 1.00. The van der Waals surface area contributed by atoms with Gasteiger partial charge in [-0.05, 0) is 0 Å². The van der Waals surface area contributed by atoms with Crippen molar-refractivity contribution in [2.75, 3.05) is 35.8 Å². The molecular weight excluding hydrogens is 533 g/mol. The average Bonchev–Trinajstić information content (AvgIpc) is 2.44. The minimum atomic E-state index is -1.49. The van der Waals surface area contributed by atoms with Gasteiger partial charge in [0, 0.05) is 16.0 Å². The van der Waals surface area contributed by atoms with E-state index >= 15 is 0 Å². The first-order valence-corrected chi connectivity index (χ1v) is 11.1. The van der Waals surface area contributed by atoms with Crippen LogP contribution < -0.4 is 0 Å². The van der Waals surface area contributed by atoms with Crippen LogP contribution in [-0.2, 0) is 13.6 Å². The molecule has 0 amide bonds. The second-order valence-corrected chi connectivity index (χ2v) is 8.38. The topological polar surface area (TPSA) is 27.7 Å². The molecule has 3 unspecified atom stereocenters. The molecule has 0 aromatic rings. The summed E-state index contributed by atoms with van der Waals surface area (Å²) in [5.41, 5.74) is 0. The first kappa shape index (κ1) is 21.6. The maximum Gasteiger partial charge on any atom is 0.332 e. The minimum absolute atomic E-state index is 0.136. The van der Waals surface area contributed by atoms with Gasteiger partial charge in [0.2, 0.25) is 0 Å². The van der Waals surface area contributed by atoms with E-state index in [0.29, 0.717) is 35.8 Å². The summed E-state index contributed by atoms with van der Waals surface area (Å²) in [6, 6.07) is 0. The summed E-state index contributed by atoms with van der Waals surface area (Å²) >= 11 is 27.7. The Kier molecular flexibility index (Phi) is 16.2. The lowest BCUT2D eigenvalue weighted by atomic mass is 10.5. The predicted octanol–water partition coefficient (Wildman–Crippen LogP) is 5.27. The van der Waals surface area contributed by atoms with Gasteiger partial charge in [-0.1, -0.05) is 47.8 Å². The molecule has 0 aliphatic rings. The summed E-state index contributed by atoms with van der Waals surface area (Å²) in [6.07, 6.45) is 0. The van der Waals surface area contributed by atoms with Crippen LogP contribution in [0.25, 0.3) is 0 Å². The van der Waals surface area contributed by atoms with Crippen LogP contribution in [-0.4, -0.2) is 51.9 Å². The van der Waals surface area contributed by atoms with Crippen LogP contribution in [0.1, 0.15) is 0 Å². The molecule has 3 atom stereocenters. The van der Waals surface area contributed by atoms with Gasteiger partial charge in [0.15, 0.2) is 0 Å². The first-order chi connectivity index (χ1) is 9.03. The van der Waals surface area contributed by atoms with Crippen molar-refractivity contribution >= 4 is 91.2 Å². The van der Waals surface area contributed by atoms with Gasteiger partial charge in [0.1, 0.15) is 0 Å². The smallest absolute Gasteiger partial charge is 0.311 e. The van der Waals surface area contributed by atoms with Gasteiger partial charge < -0.3 is 13.6 Å². The van der Waals surface area contributed by atoms with Crippen molar-refractivity contribution in [3.8, 4) is 0 Å². The SMILES string of the molecule is ClC(CBr)COP(OCC(Cl)CBr)OCC(Cl)CBr. The predicted molar refractivity (Wildman–Crippen MR) is 95.1 cm³/mol. The van der Waals surface area contributed by atoms with Crippen LogP contribution in [0.5, 0.6) is 0 Å². The molecule has 0 aromatic carbocycles. The molecule has 0 saturated carbocycles. The normalized spacial score (nSPS) is 18.0. The number of halogens is 6. The van der Waals surface area contributed by atoms with E-state index < -0.39 is 8.60 Å². The van der Waals surface area contributed by atoms with Crippen LogP contribution in [0.2, 0.25) is 0 Å². The summed E-state index contributed by atoms with van der Waals surface area (Å²) in [5, 5.41) is 1.50. The maximum absolute atomic E-state index is 5.95. The molecule has 0 rings (SSSR count). The van der Waals surface area contributed by atoms with Crippen molar-refractivity contribution in [2.24, 2.45) is 0 Å². The Morgan fingerprint density at radius 3 is 1.16 bits per heavy atom. The van der Waals surface area contributed by atoms with E-state index in [0.717, 1.165) is 0 Å². The summed E-state index contributed by atoms with van der Waals surface area (Å²) < 4.78 is 16.5. The Morgan fingerprint density at radius 1 is 0.684 bits per heavy atom. The lowest BCUT2D eigenvalue weighted by Crippen LogP contribution is -2.15. The minimum Gasteiger partial charge on any atom is -0.311 e. The molecular formula is C9H15Br3Cl3O3P. The van der Waals surface area contributed by atoms with Crippen LogP contribution in [0.3, 0.4) is 0 Å². The van der Waals surface area contributed by atoms with E-state index in [2.05, 4.69) is 47.8 Å². The zero-order valence-electron chi connectivity index (χ0n) is 9.91. The van der Waals surface area contributed by atoms with E-state index in [-0.39, 0.29) is 16.1 Å². The third-order valence-electron chi connectivity index (χ3n) is 1.58. The molecule has 0 heterocycles. The van der Waals surface area contributed by atoms with Crippen molar-refractivity contribution in [3.63, 3.8) is 0 Å². The molecule has 0 bridgehead atoms. The van der Waals surface area contributed by atoms with Crippen LogP contribution >= 0.6 is 91.2 Å². The molecule has 10 heteroatoms. The molecule has 3 nitrogen and oxygen atoms in total. The van der Waals surface area contributed by atoms with E-state index in [1.54, 1.807) is 0 Å². The lowest BCUT2D eigenvalue weighted by molar-refractivity contribution is 0.163. The molecule has 0 fully saturated rings. The van der Waals surface area contributed by atoms with E-state index in [1.807, 2.05) is 0 Å². The zero-order valence-corrected chi connectivity index (χ0v) is 17.8. The summed E-state index contributed by atoms with van der Waals surface area (Å²) in [6.45, 7) is 1.00. The number of rotatable bonds is 12. The third-order valence-corrected chi connectivity index (χ3v) is 6.97. The first-order valence-electron chi connectivity index (χ1n) is 5.32. The van der Waals surface area contributed by atoms with E-state index in [4.69, 9.17) is 48.4 Å². The van der Waals surface area contributed by atoms with Crippen LogP contribution in [0, 0.1) is 0 Å². The molecule has 19 heavy (non-hydrogen) atoms. The standard InChI is InChI=1S/C9H15Br3Cl3O3P/c10-1-7(13)4-16-19(17-5-8(14)2-11)18-6-9(15)3-12/h7-9H,1-6H2. The van der Waals surface area contributed by atoms with Gasteiger partial charge in [0.05, 0.1) is 36.0 Å². The van der Waals surface area contributed by atoms with Crippen molar-refractivity contribution < 1.29 is 13.6 Å². The highest BCUT2D eigenvalue weighted by Gasteiger charge is 2.18. The molecule has 0 aliphatic heterocycles. The summed E-state index contributed by atoms with van der Waals surface area (Å²) in [4.78, 5) is 0. The van der Waals surface area contributed by atoms with Gasteiger partial charge in [-0.3, -0.25) is 0 Å². The van der Waals surface area contributed by atoms with E-state index in [1.165, 1.54) is 0 Å². The highest BCUT2D eigenvalue weighted by atomic mass is 79.9. The van der Waals surface area contributed by atoms with Gasteiger partial charge in [0.25, 0.3) is 0 Å². The maximum atomic E-state index is 5.95. The van der Waals surface area contributed by atoms with Gasteiger partial charge in [-0.15, -0.1) is 34.8 Å². The molecule has 0 aromatic heterocycles. The Bertz CT molecular complexity index is 189. The monoisotopic (exact) mass is 544 g/mol. The Balaban J connectivity index is 4.06. The van der Waals surface area contributed by atoms with Crippen molar-refractivity contribution in [1.29, 1.82) is 0 Å². The highest BCUT2D eigenvalue weighted by Crippen LogP contribution is 2.41. The van der Waals surface area contributed by atoms with Crippen molar-refractivity contribution in [2.45, 2.75) is 16.1 Å². The van der Waals surface area contributed by atoms with Crippen molar-refractivity contribution in [3.05, 3.63) is 0 Å². The summed E-state index contributed by atoms with van der Waals surface area (Å²) in [5.74, 6) is 0. The lowest BCUT2D eigenvalue weighted by Gasteiger charge is -2.19.